The second-order valence-electron chi connectivity index (χ2n) is 7.48. The van der Waals surface area contributed by atoms with Crippen LogP contribution in [0.3, 0.4) is 0 Å². The summed E-state index contributed by atoms with van der Waals surface area (Å²) >= 11 is 0. The number of hydrogen-bond donors (Lipinski definition) is 3. The van der Waals surface area contributed by atoms with Crippen molar-refractivity contribution in [2.24, 2.45) is 0 Å². The Morgan fingerprint density at radius 3 is 2.82 bits per heavy atom. The van der Waals surface area contributed by atoms with Crippen molar-refractivity contribution in [3.63, 3.8) is 0 Å². The molecule has 2 aliphatic rings. The van der Waals surface area contributed by atoms with Gasteiger partial charge in [-0.1, -0.05) is 31.0 Å². The largest absolute Gasteiger partial charge is 0.477 e. The molecule has 4 rings (SSSR count). The summed E-state index contributed by atoms with van der Waals surface area (Å²) in [6, 6.07) is 10.7. The molecule has 7 heteroatoms. The van der Waals surface area contributed by atoms with E-state index in [2.05, 4.69) is 15.2 Å². The number of aliphatic hydroxyl groups excluding tert-OH is 1. The fourth-order valence-electron chi connectivity index (χ4n) is 3.91. The molecular weight excluding hydrogens is 358 g/mol. The van der Waals surface area contributed by atoms with Gasteiger partial charge < -0.3 is 25.0 Å². The fraction of sp³-hybridized carbons (Fsp3) is 0.429. The van der Waals surface area contributed by atoms with Crippen molar-refractivity contribution in [1.82, 2.24) is 10.3 Å². The second kappa shape index (κ2) is 8.06. The van der Waals surface area contributed by atoms with Crippen molar-refractivity contribution in [1.29, 1.82) is 0 Å². The average molecular weight is 383 g/mol. The number of nitrogens with one attached hydrogen (secondary N) is 2. The molecule has 148 valence electrons. The Bertz CT molecular complexity index is 877. The smallest absolute Gasteiger partial charge is 0.263 e. The first-order valence-electron chi connectivity index (χ1n) is 9.77. The summed E-state index contributed by atoms with van der Waals surface area (Å²) < 4.78 is 5.96. The number of rotatable bonds is 4. The number of para-hydroxylation sites is 2. The van der Waals surface area contributed by atoms with E-state index in [1.165, 1.54) is 6.07 Å². The first-order chi connectivity index (χ1) is 13.6. The number of carbonyl (C=O) groups excluding carboxylic acids is 1. The van der Waals surface area contributed by atoms with Crippen molar-refractivity contribution < 1.29 is 14.6 Å². The number of pyridine rings is 1. The Kier molecular flexibility index (Phi) is 5.34. The molecule has 1 aromatic carbocycles. The molecule has 0 bridgehead atoms. The van der Waals surface area contributed by atoms with Gasteiger partial charge in [0.15, 0.2) is 6.10 Å². The molecule has 0 spiro atoms. The lowest BCUT2D eigenvalue weighted by Crippen LogP contribution is -2.54. The quantitative estimate of drug-likeness (QED) is 0.745. The lowest BCUT2D eigenvalue weighted by Gasteiger charge is -2.37. The molecule has 3 atom stereocenters. The topological polar surface area (TPSA) is 94.7 Å². The van der Waals surface area contributed by atoms with Crippen LogP contribution in [0.2, 0.25) is 0 Å². The predicted octanol–water partition coefficient (Wildman–Crippen LogP) is 1.56. The summed E-state index contributed by atoms with van der Waals surface area (Å²) in [7, 11) is 0. The van der Waals surface area contributed by atoms with Gasteiger partial charge in [0, 0.05) is 18.8 Å². The Labute approximate surface area is 163 Å². The van der Waals surface area contributed by atoms with Gasteiger partial charge in [0.2, 0.25) is 5.56 Å². The van der Waals surface area contributed by atoms with Crippen LogP contribution in [0.5, 0.6) is 5.75 Å². The first-order valence-corrected chi connectivity index (χ1v) is 9.77. The summed E-state index contributed by atoms with van der Waals surface area (Å²) in [6.07, 6.45) is 4.04. The van der Waals surface area contributed by atoms with Gasteiger partial charge in [0.1, 0.15) is 5.75 Å². The zero-order chi connectivity index (χ0) is 19.5. The van der Waals surface area contributed by atoms with E-state index in [1.54, 1.807) is 12.3 Å². The molecule has 1 unspecified atom stereocenters. The normalized spacial score (nSPS) is 24.2. The van der Waals surface area contributed by atoms with Crippen LogP contribution in [0.1, 0.15) is 31.2 Å². The molecule has 1 fully saturated rings. The number of benzene rings is 1. The number of nitrogens with zero attached hydrogens (tertiary/aromatic N) is 1. The Morgan fingerprint density at radius 1 is 1.21 bits per heavy atom. The van der Waals surface area contributed by atoms with Crippen LogP contribution in [-0.4, -0.2) is 40.8 Å². The van der Waals surface area contributed by atoms with Gasteiger partial charge in [-0.2, -0.15) is 0 Å². The number of hydrogen-bond acceptors (Lipinski definition) is 5. The van der Waals surface area contributed by atoms with Gasteiger partial charge in [-0.15, -0.1) is 0 Å². The minimum absolute atomic E-state index is 0.144. The first kappa shape index (κ1) is 18.6. The highest BCUT2D eigenvalue weighted by Gasteiger charge is 2.33. The molecule has 1 aliphatic heterocycles. The Hall–Kier alpha value is -2.80. The molecule has 28 heavy (non-hydrogen) atoms. The number of fused-ring (bicyclic) bond motifs is 1. The summed E-state index contributed by atoms with van der Waals surface area (Å²) in [4.78, 5) is 28.9. The SMILES string of the molecule is O=C(N[C@H]1CCCC[C@@H]1O)C1CN(Cc2ccc(=O)[nH]c2)c2ccccc2O1. The molecule has 7 nitrogen and oxygen atoms in total. The zero-order valence-corrected chi connectivity index (χ0v) is 15.6. The minimum Gasteiger partial charge on any atom is -0.477 e. The van der Waals surface area contributed by atoms with Gasteiger partial charge >= 0.3 is 0 Å². The Morgan fingerprint density at radius 2 is 2.04 bits per heavy atom. The standard InChI is InChI=1S/C21H25N3O4/c25-17-7-3-1-5-15(17)23-21(27)19-13-24(12-14-9-10-20(26)22-11-14)16-6-2-4-8-18(16)28-19/h2,4,6,8-11,15,17,19,25H,1,3,5,7,12-13H2,(H,22,26)(H,23,27)/t15-,17-,19?/m0/s1. The number of anilines is 1. The molecule has 1 amide bonds. The molecule has 0 saturated heterocycles. The molecule has 3 N–H and O–H groups in total. The number of amides is 1. The van der Waals surface area contributed by atoms with Crippen LogP contribution in [0, 0.1) is 0 Å². The average Bonchev–Trinajstić information content (AvgIpc) is 2.71. The highest BCUT2D eigenvalue weighted by Crippen LogP contribution is 2.34. The highest BCUT2D eigenvalue weighted by molar-refractivity contribution is 5.83. The maximum Gasteiger partial charge on any atom is 0.263 e. The maximum absolute atomic E-state index is 12.8. The van der Waals surface area contributed by atoms with E-state index in [0.717, 1.165) is 36.9 Å². The van der Waals surface area contributed by atoms with E-state index < -0.39 is 12.2 Å². The van der Waals surface area contributed by atoms with Crippen LogP contribution in [-0.2, 0) is 11.3 Å². The van der Waals surface area contributed by atoms with Crippen molar-refractivity contribution in [2.45, 2.75) is 50.5 Å². The van der Waals surface area contributed by atoms with Crippen molar-refractivity contribution >= 4 is 11.6 Å². The van der Waals surface area contributed by atoms with E-state index in [4.69, 9.17) is 4.74 Å². The summed E-state index contributed by atoms with van der Waals surface area (Å²) in [5, 5.41) is 13.1. The number of H-pyrrole nitrogens is 1. The van der Waals surface area contributed by atoms with Crippen LogP contribution in [0.25, 0.3) is 0 Å². The lowest BCUT2D eigenvalue weighted by atomic mass is 9.92. The van der Waals surface area contributed by atoms with Crippen LogP contribution >= 0.6 is 0 Å². The zero-order valence-electron chi connectivity index (χ0n) is 15.6. The Balaban J connectivity index is 1.51. The van der Waals surface area contributed by atoms with E-state index in [0.29, 0.717) is 18.8 Å². The molecule has 2 aromatic rings. The van der Waals surface area contributed by atoms with Crippen molar-refractivity contribution in [3.8, 4) is 5.75 Å². The third kappa shape index (κ3) is 4.04. The molecular formula is C21H25N3O4. The molecule has 1 aromatic heterocycles. The van der Waals surface area contributed by atoms with Gasteiger partial charge in [-0.05, 0) is 30.5 Å². The molecule has 1 saturated carbocycles. The van der Waals surface area contributed by atoms with E-state index >= 15 is 0 Å². The van der Waals surface area contributed by atoms with E-state index in [-0.39, 0.29) is 17.5 Å². The van der Waals surface area contributed by atoms with Gasteiger partial charge in [0.25, 0.3) is 5.91 Å². The van der Waals surface area contributed by atoms with E-state index in [9.17, 15) is 14.7 Å². The van der Waals surface area contributed by atoms with Gasteiger partial charge in [0.05, 0.1) is 24.4 Å². The maximum atomic E-state index is 12.8. The van der Waals surface area contributed by atoms with Crippen LogP contribution in [0.4, 0.5) is 5.69 Å². The van der Waals surface area contributed by atoms with E-state index in [1.807, 2.05) is 24.3 Å². The number of aromatic amines is 1. The second-order valence-corrected chi connectivity index (χ2v) is 7.48. The number of carbonyl (C=O) groups is 1. The van der Waals surface area contributed by atoms with Gasteiger partial charge in [-0.3, -0.25) is 9.59 Å². The monoisotopic (exact) mass is 383 g/mol. The predicted molar refractivity (Wildman–Crippen MR) is 105 cm³/mol. The summed E-state index contributed by atoms with van der Waals surface area (Å²) in [5.74, 6) is 0.453. The number of ether oxygens (including phenoxy) is 1. The molecule has 0 radical (unpaired) electrons. The van der Waals surface area contributed by atoms with Crippen LogP contribution in [0.15, 0.2) is 47.4 Å². The van der Waals surface area contributed by atoms with Gasteiger partial charge in [-0.25, -0.2) is 0 Å². The fourth-order valence-corrected chi connectivity index (χ4v) is 3.91. The molecule has 1 aliphatic carbocycles. The number of aromatic nitrogens is 1. The minimum atomic E-state index is -0.660. The highest BCUT2D eigenvalue weighted by atomic mass is 16.5. The summed E-state index contributed by atoms with van der Waals surface area (Å²) in [5.41, 5.74) is 1.71. The van der Waals surface area contributed by atoms with Crippen molar-refractivity contribution in [2.75, 3.05) is 11.4 Å². The lowest BCUT2D eigenvalue weighted by molar-refractivity contribution is -0.129. The third-order valence-corrected chi connectivity index (χ3v) is 5.43. The third-order valence-electron chi connectivity index (χ3n) is 5.43. The number of aliphatic hydroxyl groups is 1. The van der Waals surface area contributed by atoms with Crippen LogP contribution < -0.4 is 20.5 Å². The molecule has 2 heterocycles. The van der Waals surface area contributed by atoms with Crippen molar-refractivity contribution in [3.05, 3.63) is 58.5 Å². The summed E-state index contributed by atoms with van der Waals surface area (Å²) in [6.45, 7) is 0.942.